The van der Waals surface area contributed by atoms with E-state index in [9.17, 15) is 9.90 Å². The minimum atomic E-state index is 0.0159. The first-order valence-corrected chi connectivity index (χ1v) is 5.73. The lowest BCUT2D eigenvalue weighted by Crippen LogP contribution is -2.11. The van der Waals surface area contributed by atoms with Gasteiger partial charge in [0.1, 0.15) is 5.75 Å². The highest BCUT2D eigenvalue weighted by atomic mass is 16.3. The quantitative estimate of drug-likeness (QED) is 0.750. The molecule has 88 valence electrons. The molecule has 0 heterocycles. The number of anilines is 1. The Balaban J connectivity index is 2.53. The van der Waals surface area contributed by atoms with Crippen molar-refractivity contribution < 1.29 is 9.90 Å². The second kappa shape index (κ2) is 6.16. The Hall–Kier alpha value is -1.51. The molecule has 2 N–H and O–H groups in total. The molecule has 1 aromatic carbocycles. The lowest BCUT2D eigenvalue weighted by Gasteiger charge is -2.09. The molecule has 0 saturated carbocycles. The Labute approximate surface area is 96.5 Å². The third kappa shape index (κ3) is 3.57. The van der Waals surface area contributed by atoms with Gasteiger partial charge in [-0.2, -0.15) is 0 Å². The van der Waals surface area contributed by atoms with Crippen molar-refractivity contribution in [2.45, 2.75) is 39.5 Å². The summed E-state index contributed by atoms with van der Waals surface area (Å²) in [5.74, 6) is 0.230. The minimum Gasteiger partial charge on any atom is -0.508 e. The minimum absolute atomic E-state index is 0.0159. The van der Waals surface area contributed by atoms with Gasteiger partial charge in [-0.15, -0.1) is 0 Å². The van der Waals surface area contributed by atoms with Gasteiger partial charge in [0.15, 0.2) is 0 Å². The number of phenolic OH excluding ortho intramolecular Hbond substituents is 1. The maximum absolute atomic E-state index is 11.6. The number of amides is 1. The van der Waals surface area contributed by atoms with Crippen molar-refractivity contribution in [2.75, 3.05) is 5.32 Å². The fourth-order valence-electron chi connectivity index (χ4n) is 1.51. The summed E-state index contributed by atoms with van der Waals surface area (Å²) < 4.78 is 0. The highest BCUT2D eigenvalue weighted by Crippen LogP contribution is 2.23. The van der Waals surface area contributed by atoms with Crippen LogP contribution in [-0.4, -0.2) is 11.0 Å². The molecule has 0 radical (unpaired) electrons. The first-order chi connectivity index (χ1) is 7.65. The third-order valence-electron chi connectivity index (χ3n) is 2.59. The Kier molecular flexibility index (Phi) is 4.83. The molecular weight excluding hydrogens is 202 g/mol. The molecule has 0 bridgehead atoms. The number of hydrogen-bond acceptors (Lipinski definition) is 2. The van der Waals surface area contributed by atoms with E-state index in [1.807, 2.05) is 0 Å². The lowest BCUT2D eigenvalue weighted by atomic mass is 10.1. The predicted octanol–water partition coefficient (Wildman–Crippen LogP) is 3.22. The summed E-state index contributed by atoms with van der Waals surface area (Å²) in [7, 11) is 0. The number of unbranched alkanes of at least 4 members (excludes halogenated alkanes) is 2. The van der Waals surface area contributed by atoms with Crippen molar-refractivity contribution in [3.05, 3.63) is 23.8 Å². The SMILES string of the molecule is CCCCCC(=O)Nc1cccc(O)c1C. The fraction of sp³-hybridized carbons (Fsp3) is 0.462. The predicted molar refractivity (Wildman–Crippen MR) is 65.6 cm³/mol. The first kappa shape index (κ1) is 12.6. The molecule has 0 atom stereocenters. The number of rotatable bonds is 5. The van der Waals surface area contributed by atoms with E-state index >= 15 is 0 Å². The summed E-state index contributed by atoms with van der Waals surface area (Å²) in [6.07, 6.45) is 3.65. The molecule has 0 saturated heterocycles. The maximum atomic E-state index is 11.6. The van der Waals surface area contributed by atoms with Gasteiger partial charge in [0.05, 0.1) is 0 Å². The lowest BCUT2D eigenvalue weighted by molar-refractivity contribution is -0.116. The number of carbonyl (C=O) groups excluding carboxylic acids is 1. The van der Waals surface area contributed by atoms with E-state index in [1.165, 1.54) is 0 Å². The Morgan fingerprint density at radius 2 is 2.12 bits per heavy atom. The van der Waals surface area contributed by atoms with E-state index in [1.54, 1.807) is 25.1 Å². The number of hydrogen-bond donors (Lipinski definition) is 2. The van der Waals surface area contributed by atoms with Gasteiger partial charge in [-0.3, -0.25) is 4.79 Å². The zero-order valence-electron chi connectivity index (χ0n) is 9.92. The zero-order valence-corrected chi connectivity index (χ0v) is 9.92. The Morgan fingerprint density at radius 3 is 2.81 bits per heavy atom. The van der Waals surface area contributed by atoms with Crippen LogP contribution in [0.4, 0.5) is 5.69 Å². The molecule has 3 nitrogen and oxygen atoms in total. The first-order valence-electron chi connectivity index (χ1n) is 5.73. The van der Waals surface area contributed by atoms with Crippen LogP contribution in [0.15, 0.2) is 18.2 Å². The standard InChI is InChI=1S/C13H19NO2/c1-3-4-5-9-13(16)14-11-7-6-8-12(15)10(11)2/h6-8,15H,3-5,9H2,1-2H3,(H,14,16). The molecule has 16 heavy (non-hydrogen) atoms. The number of carbonyl (C=O) groups is 1. The highest BCUT2D eigenvalue weighted by molar-refractivity contribution is 5.91. The normalized spacial score (nSPS) is 10.1. The van der Waals surface area contributed by atoms with Crippen LogP contribution in [0.5, 0.6) is 5.75 Å². The molecule has 1 aromatic rings. The number of aromatic hydroxyl groups is 1. The molecule has 0 aliphatic carbocycles. The van der Waals surface area contributed by atoms with Gasteiger partial charge in [0.2, 0.25) is 5.91 Å². The number of benzene rings is 1. The van der Waals surface area contributed by atoms with Gasteiger partial charge < -0.3 is 10.4 Å². The summed E-state index contributed by atoms with van der Waals surface area (Å²) in [5, 5.41) is 12.3. The van der Waals surface area contributed by atoms with Crippen LogP contribution >= 0.6 is 0 Å². The summed E-state index contributed by atoms with van der Waals surface area (Å²) in [6.45, 7) is 3.90. The van der Waals surface area contributed by atoms with Crippen molar-refractivity contribution in [1.82, 2.24) is 0 Å². The topological polar surface area (TPSA) is 49.3 Å². The largest absolute Gasteiger partial charge is 0.508 e. The van der Waals surface area contributed by atoms with Gasteiger partial charge in [-0.05, 0) is 25.5 Å². The van der Waals surface area contributed by atoms with Crippen LogP contribution in [0.25, 0.3) is 0 Å². The molecule has 0 aliphatic rings. The number of nitrogens with one attached hydrogen (secondary N) is 1. The third-order valence-corrected chi connectivity index (χ3v) is 2.59. The van der Waals surface area contributed by atoms with Crippen molar-refractivity contribution >= 4 is 11.6 Å². The van der Waals surface area contributed by atoms with Gasteiger partial charge in [0, 0.05) is 17.7 Å². The van der Waals surface area contributed by atoms with E-state index in [0.717, 1.165) is 19.3 Å². The highest BCUT2D eigenvalue weighted by Gasteiger charge is 2.06. The van der Waals surface area contributed by atoms with Crippen LogP contribution < -0.4 is 5.32 Å². The molecule has 0 unspecified atom stereocenters. The van der Waals surface area contributed by atoms with Crippen molar-refractivity contribution in [3.8, 4) is 5.75 Å². The van der Waals surface area contributed by atoms with Crippen molar-refractivity contribution in [2.24, 2.45) is 0 Å². The molecular formula is C13H19NO2. The maximum Gasteiger partial charge on any atom is 0.224 e. The molecule has 0 aromatic heterocycles. The molecule has 1 amide bonds. The van der Waals surface area contributed by atoms with E-state index in [4.69, 9.17) is 0 Å². The molecule has 0 fully saturated rings. The Morgan fingerprint density at radius 1 is 1.38 bits per heavy atom. The summed E-state index contributed by atoms with van der Waals surface area (Å²) >= 11 is 0. The monoisotopic (exact) mass is 221 g/mol. The van der Waals surface area contributed by atoms with Crippen molar-refractivity contribution in [1.29, 1.82) is 0 Å². The fourth-order valence-corrected chi connectivity index (χ4v) is 1.51. The number of phenols is 1. The average Bonchev–Trinajstić information content (AvgIpc) is 2.25. The van der Waals surface area contributed by atoms with E-state index in [2.05, 4.69) is 12.2 Å². The van der Waals surface area contributed by atoms with Crippen LogP contribution in [0.3, 0.4) is 0 Å². The van der Waals surface area contributed by atoms with Crippen LogP contribution in [0, 0.1) is 6.92 Å². The van der Waals surface area contributed by atoms with E-state index < -0.39 is 0 Å². The second-order valence-electron chi connectivity index (χ2n) is 3.95. The molecule has 0 aliphatic heterocycles. The van der Waals surface area contributed by atoms with Gasteiger partial charge >= 0.3 is 0 Å². The van der Waals surface area contributed by atoms with Gasteiger partial charge in [0.25, 0.3) is 0 Å². The smallest absolute Gasteiger partial charge is 0.224 e. The van der Waals surface area contributed by atoms with Gasteiger partial charge in [-0.25, -0.2) is 0 Å². The summed E-state index contributed by atoms with van der Waals surface area (Å²) in [5.41, 5.74) is 1.41. The van der Waals surface area contributed by atoms with Gasteiger partial charge in [-0.1, -0.05) is 25.8 Å². The zero-order chi connectivity index (χ0) is 12.0. The summed E-state index contributed by atoms with van der Waals surface area (Å²) in [4.78, 5) is 11.6. The second-order valence-corrected chi connectivity index (χ2v) is 3.95. The molecule has 0 spiro atoms. The van der Waals surface area contributed by atoms with Crippen LogP contribution in [-0.2, 0) is 4.79 Å². The average molecular weight is 221 g/mol. The van der Waals surface area contributed by atoms with E-state index in [0.29, 0.717) is 17.7 Å². The van der Waals surface area contributed by atoms with Crippen molar-refractivity contribution in [3.63, 3.8) is 0 Å². The van der Waals surface area contributed by atoms with Crippen LogP contribution in [0.2, 0.25) is 0 Å². The van der Waals surface area contributed by atoms with E-state index in [-0.39, 0.29) is 11.7 Å². The Bertz CT molecular complexity index is 361. The van der Waals surface area contributed by atoms with Crippen LogP contribution in [0.1, 0.15) is 38.2 Å². The molecule has 1 rings (SSSR count). The summed E-state index contributed by atoms with van der Waals surface area (Å²) in [6, 6.07) is 5.14. The molecule has 3 heteroatoms.